The van der Waals surface area contributed by atoms with Crippen LogP contribution in [-0.4, -0.2) is 54.8 Å². The van der Waals surface area contributed by atoms with Crippen LogP contribution in [0.4, 0.5) is 5.69 Å². The maximum Gasteiger partial charge on any atom is 0.277 e. The molecule has 1 heterocycles. The van der Waals surface area contributed by atoms with Crippen LogP contribution >= 0.6 is 23.4 Å². The number of aromatic nitrogens is 2. The van der Waals surface area contributed by atoms with Gasteiger partial charge in [-0.05, 0) is 42.5 Å². The van der Waals surface area contributed by atoms with E-state index in [0.717, 1.165) is 11.8 Å². The van der Waals surface area contributed by atoms with Crippen molar-refractivity contribution in [1.82, 2.24) is 14.5 Å². The van der Waals surface area contributed by atoms with E-state index in [9.17, 15) is 13.2 Å². The van der Waals surface area contributed by atoms with E-state index in [0.29, 0.717) is 35.1 Å². The Morgan fingerprint density at radius 2 is 1.85 bits per heavy atom. The first kappa shape index (κ1) is 25.0. The number of ether oxygens (including phenoxy) is 1. The summed E-state index contributed by atoms with van der Waals surface area (Å²) in [6.07, 6.45) is 0. The average molecular weight is 511 g/mol. The highest BCUT2D eigenvalue weighted by molar-refractivity contribution is 7.99. The molecule has 3 rings (SSSR count). The molecule has 0 fully saturated rings. The number of carbonyl (C=O) groups is 1. The first-order valence-electron chi connectivity index (χ1n) is 9.98. The summed E-state index contributed by atoms with van der Waals surface area (Å²) in [6.45, 7) is 4.36. The highest BCUT2D eigenvalue weighted by Crippen LogP contribution is 2.29. The number of rotatable bonds is 10. The lowest BCUT2D eigenvalue weighted by Gasteiger charge is -2.18. The summed E-state index contributed by atoms with van der Waals surface area (Å²) in [5.41, 5.74) is 1.03. The minimum atomic E-state index is -3.55. The van der Waals surface area contributed by atoms with Gasteiger partial charge in [-0.3, -0.25) is 4.79 Å². The quantitative estimate of drug-likeness (QED) is 0.404. The van der Waals surface area contributed by atoms with Crippen LogP contribution in [-0.2, 0) is 14.8 Å². The van der Waals surface area contributed by atoms with E-state index >= 15 is 0 Å². The van der Waals surface area contributed by atoms with E-state index in [2.05, 4.69) is 15.5 Å². The van der Waals surface area contributed by atoms with Gasteiger partial charge < -0.3 is 14.5 Å². The molecule has 2 aromatic carbocycles. The molecule has 1 amide bonds. The van der Waals surface area contributed by atoms with E-state index in [1.165, 1.54) is 23.5 Å². The Labute approximate surface area is 201 Å². The maximum absolute atomic E-state index is 12.6. The van der Waals surface area contributed by atoms with Gasteiger partial charge in [-0.2, -0.15) is 4.31 Å². The third kappa shape index (κ3) is 6.05. The number of nitrogens with zero attached hydrogens (tertiary/aromatic N) is 3. The molecule has 0 aliphatic rings. The normalized spacial score (nSPS) is 11.5. The highest BCUT2D eigenvalue weighted by atomic mass is 35.5. The summed E-state index contributed by atoms with van der Waals surface area (Å²) in [5.74, 6) is 0.440. The van der Waals surface area contributed by atoms with Crippen molar-refractivity contribution < 1.29 is 22.4 Å². The van der Waals surface area contributed by atoms with Crippen LogP contribution in [0.3, 0.4) is 0 Å². The van der Waals surface area contributed by atoms with Crippen molar-refractivity contribution in [1.29, 1.82) is 0 Å². The lowest BCUT2D eigenvalue weighted by Crippen LogP contribution is -2.30. The van der Waals surface area contributed by atoms with Crippen LogP contribution in [0.25, 0.3) is 11.5 Å². The molecule has 0 aliphatic carbocycles. The molecule has 0 bridgehead atoms. The molecule has 33 heavy (non-hydrogen) atoms. The molecule has 0 unspecified atom stereocenters. The second-order valence-corrected chi connectivity index (χ2v) is 9.97. The Kier molecular flexibility index (Phi) is 8.35. The summed E-state index contributed by atoms with van der Waals surface area (Å²) in [5, 5.41) is 11.3. The van der Waals surface area contributed by atoms with Gasteiger partial charge in [0, 0.05) is 23.7 Å². The predicted molar refractivity (Wildman–Crippen MR) is 127 cm³/mol. The van der Waals surface area contributed by atoms with Crippen LogP contribution < -0.4 is 10.1 Å². The lowest BCUT2D eigenvalue weighted by molar-refractivity contribution is -0.113. The van der Waals surface area contributed by atoms with Crippen molar-refractivity contribution in [2.24, 2.45) is 0 Å². The number of sulfonamides is 1. The number of hydrogen-bond donors (Lipinski definition) is 1. The van der Waals surface area contributed by atoms with Crippen molar-refractivity contribution >= 4 is 45.0 Å². The maximum atomic E-state index is 12.6. The van der Waals surface area contributed by atoms with E-state index < -0.39 is 10.0 Å². The van der Waals surface area contributed by atoms with E-state index in [1.807, 2.05) is 0 Å². The van der Waals surface area contributed by atoms with Crippen LogP contribution in [0.15, 0.2) is 57.0 Å². The molecule has 1 N–H and O–H groups in total. The van der Waals surface area contributed by atoms with Crippen molar-refractivity contribution in [3.63, 3.8) is 0 Å². The number of benzene rings is 2. The first-order valence-corrected chi connectivity index (χ1v) is 12.8. The second-order valence-electron chi connectivity index (χ2n) is 6.67. The topological polar surface area (TPSA) is 115 Å². The lowest BCUT2D eigenvalue weighted by atomic mass is 10.2. The SMILES string of the molecule is CCN(CC)S(=O)(=O)c1ccc(-c2nnc(SCC(=O)Nc3cc(Cl)ccc3OC)o2)cc1. The summed E-state index contributed by atoms with van der Waals surface area (Å²) in [7, 11) is -2.05. The van der Waals surface area contributed by atoms with E-state index in [-0.39, 0.29) is 27.7 Å². The summed E-state index contributed by atoms with van der Waals surface area (Å²) < 4.78 is 37.4. The van der Waals surface area contributed by atoms with Crippen molar-refractivity contribution in [3.8, 4) is 17.2 Å². The fourth-order valence-electron chi connectivity index (χ4n) is 2.96. The Morgan fingerprint density at radius 3 is 2.48 bits per heavy atom. The molecule has 0 spiro atoms. The third-order valence-electron chi connectivity index (χ3n) is 4.61. The average Bonchev–Trinajstić information content (AvgIpc) is 3.28. The number of amides is 1. The fraction of sp³-hybridized carbons (Fsp3) is 0.286. The van der Waals surface area contributed by atoms with Gasteiger partial charge in [-0.25, -0.2) is 8.42 Å². The minimum Gasteiger partial charge on any atom is -0.495 e. The number of thioether (sulfide) groups is 1. The molecule has 9 nitrogen and oxygen atoms in total. The molecule has 12 heteroatoms. The summed E-state index contributed by atoms with van der Waals surface area (Å²) in [6, 6.07) is 11.1. The van der Waals surface area contributed by atoms with Crippen LogP contribution in [0.2, 0.25) is 5.02 Å². The van der Waals surface area contributed by atoms with Crippen molar-refractivity contribution in [2.45, 2.75) is 24.0 Å². The molecule has 0 radical (unpaired) electrons. The molecule has 0 saturated heterocycles. The molecule has 1 aromatic heterocycles. The van der Waals surface area contributed by atoms with Gasteiger partial charge >= 0.3 is 0 Å². The molecule has 3 aromatic rings. The van der Waals surface area contributed by atoms with Gasteiger partial charge in [-0.1, -0.05) is 37.2 Å². The van der Waals surface area contributed by atoms with Gasteiger partial charge in [0.25, 0.3) is 5.22 Å². The number of nitrogens with one attached hydrogen (secondary N) is 1. The number of methoxy groups -OCH3 is 1. The first-order chi connectivity index (χ1) is 15.8. The van der Waals surface area contributed by atoms with Gasteiger partial charge in [0.1, 0.15) is 5.75 Å². The van der Waals surface area contributed by atoms with Crippen LogP contribution in [0, 0.1) is 0 Å². The molecule has 0 saturated carbocycles. The zero-order valence-electron chi connectivity index (χ0n) is 18.2. The Bertz CT molecular complexity index is 1210. The fourth-order valence-corrected chi connectivity index (χ4v) is 5.15. The second kappa shape index (κ2) is 11.0. The molecule has 0 atom stereocenters. The molecule has 0 aliphatic heterocycles. The predicted octanol–water partition coefficient (Wildman–Crippen LogP) is 4.16. The smallest absolute Gasteiger partial charge is 0.277 e. The van der Waals surface area contributed by atoms with Crippen LogP contribution in [0.5, 0.6) is 5.75 Å². The minimum absolute atomic E-state index is 0.0261. The number of hydrogen-bond acceptors (Lipinski definition) is 8. The standard InChI is InChI=1S/C21H23ClN4O5S2/c1-4-26(5-2)33(28,29)16-9-6-14(7-10-16)20-24-25-21(31-20)32-13-19(27)23-17-12-15(22)8-11-18(17)30-3/h6-12H,4-5,13H2,1-3H3,(H,23,27). The van der Waals surface area contributed by atoms with Crippen molar-refractivity contribution in [3.05, 3.63) is 47.5 Å². The van der Waals surface area contributed by atoms with Crippen molar-refractivity contribution in [2.75, 3.05) is 31.3 Å². The van der Waals surface area contributed by atoms with Gasteiger partial charge in [-0.15, -0.1) is 10.2 Å². The van der Waals surface area contributed by atoms with Crippen LogP contribution in [0.1, 0.15) is 13.8 Å². The third-order valence-corrected chi connectivity index (χ3v) is 7.73. The van der Waals surface area contributed by atoms with Gasteiger partial charge in [0.05, 0.1) is 23.4 Å². The zero-order valence-corrected chi connectivity index (χ0v) is 20.6. The summed E-state index contributed by atoms with van der Waals surface area (Å²) >= 11 is 7.04. The number of anilines is 1. The van der Waals surface area contributed by atoms with E-state index in [4.69, 9.17) is 20.8 Å². The molecular formula is C21H23ClN4O5S2. The van der Waals surface area contributed by atoms with Gasteiger partial charge in [0.15, 0.2) is 0 Å². The molecule has 176 valence electrons. The number of carbonyl (C=O) groups excluding carboxylic acids is 1. The summed E-state index contributed by atoms with van der Waals surface area (Å²) in [4.78, 5) is 12.5. The highest BCUT2D eigenvalue weighted by Gasteiger charge is 2.22. The molecular weight excluding hydrogens is 488 g/mol. The zero-order chi connectivity index (χ0) is 24.0. The largest absolute Gasteiger partial charge is 0.495 e. The van der Waals surface area contributed by atoms with Gasteiger partial charge in [0.2, 0.25) is 21.8 Å². The van der Waals surface area contributed by atoms with E-state index in [1.54, 1.807) is 44.2 Å². The monoisotopic (exact) mass is 510 g/mol. The Morgan fingerprint density at radius 1 is 1.15 bits per heavy atom. The number of halogens is 1. The Hall–Kier alpha value is -2.60. The Balaban J connectivity index is 1.63.